The van der Waals surface area contributed by atoms with Crippen molar-refractivity contribution < 1.29 is 0 Å². The zero-order valence-corrected chi connectivity index (χ0v) is 12.0. The second-order valence-electron chi connectivity index (χ2n) is 4.01. The van der Waals surface area contributed by atoms with E-state index >= 15 is 0 Å². The van der Waals surface area contributed by atoms with E-state index in [1.807, 2.05) is 6.07 Å². The van der Waals surface area contributed by atoms with Gasteiger partial charge in [-0.2, -0.15) is 5.10 Å². The van der Waals surface area contributed by atoms with Gasteiger partial charge < -0.3 is 10.6 Å². The van der Waals surface area contributed by atoms with Crippen LogP contribution < -0.4 is 5.73 Å². The van der Waals surface area contributed by atoms with Crippen LogP contribution in [0.4, 0.5) is 5.82 Å². The number of nitrogens with zero attached hydrogens (tertiary/aromatic N) is 2. The molecule has 0 saturated heterocycles. The van der Waals surface area contributed by atoms with Crippen LogP contribution in [0.2, 0.25) is 0 Å². The zero-order chi connectivity index (χ0) is 12.3. The third kappa shape index (κ3) is 3.83. The molecule has 0 aliphatic carbocycles. The van der Waals surface area contributed by atoms with Gasteiger partial charge in [0.05, 0.1) is 9.48 Å². The van der Waals surface area contributed by atoms with Crippen LogP contribution in [0.1, 0.15) is 10.6 Å². The first-order valence-electron chi connectivity index (χ1n) is 5.36. The van der Waals surface area contributed by atoms with Crippen molar-refractivity contribution in [3.63, 3.8) is 0 Å². The van der Waals surface area contributed by atoms with Crippen molar-refractivity contribution in [2.45, 2.75) is 13.0 Å². The molecular weight excluding hydrogens is 300 g/mol. The maximum atomic E-state index is 5.56. The monoisotopic (exact) mass is 314 g/mol. The van der Waals surface area contributed by atoms with E-state index in [-0.39, 0.29) is 0 Å². The number of aromatic nitrogens is 2. The molecule has 0 aliphatic heterocycles. The molecule has 2 aromatic heterocycles. The summed E-state index contributed by atoms with van der Waals surface area (Å²) in [4.78, 5) is 3.65. The molecule has 2 aromatic rings. The quantitative estimate of drug-likeness (QED) is 0.891. The number of nitrogens with two attached hydrogens (primary N) is 1. The Hall–Kier alpha value is -0.850. The Morgan fingerprint density at radius 2 is 2.35 bits per heavy atom. The van der Waals surface area contributed by atoms with Gasteiger partial charge in [0.1, 0.15) is 5.82 Å². The van der Waals surface area contributed by atoms with Crippen molar-refractivity contribution in [2.24, 2.45) is 0 Å². The molecule has 3 N–H and O–H groups in total. The average molecular weight is 315 g/mol. The number of hydrogen-bond acceptors (Lipinski definition) is 4. The second kappa shape index (κ2) is 5.66. The number of nitrogen functional groups attached to an aromatic ring is 1. The van der Waals surface area contributed by atoms with Gasteiger partial charge in [-0.3, -0.25) is 5.10 Å². The van der Waals surface area contributed by atoms with Crippen LogP contribution in [-0.4, -0.2) is 28.7 Å². The molecule has 0 atom stereocenters. The van der Waals surface area contributed by atoms with Crippen LogP contribution in [0.5, 0.6) is 0 Å². The molecule has 0 saturated carbocycles. The number of anilines is 1. The molecule has 6 heteroatoms. The molecule has 2 heterocycles. The Morgan fingerprint density at radius 1 is 1.53 bits per heavy atom. The lowest BCUT2D eigenvalue weighted by Gasteiger charge is -2.14. The van der Waals surface area contributed by atoms with Crippen LogP contribution in [0.3, 0.4) is 0 Å². The van der Waals surface area contributed by atoms with E-state index in [0.717, 1.165) is 25.2 Å². The predicted octanol–water partition coefficient (Wildman–Crippen LogP) is 2.49. The highest BCUT2D eigenvalue weighted by atomic mass is 79.9. The van der Waals surface area contributed by atoms with Gasteiger partial charge in [-0.05, 0) is 41.5 Å². The fraction of sp³-hybridized carbons (Fsp3) is 0.364. The molecule has 0 bridgehead atoms. The third-order valence-corrected chi connectivity index (χ3v) is 4.14. The Balaban J connectivity index is 1.79. The van der Waals surface area contributed by atoms with Gasteiger partial charge in [0, 0.05) is 24.0 Å². The van der Waals surface area contributed by atoms with E-state index in [4.69, 9.17) is 5.73 Å². The molecule has 0 aliphatic rings. The lowest BCUT2D eigenvalue weighted by Crippen LogP contribution is -2.20. The van der Waals surface area contributed by atoms with Crippen molar-refractivity contribution >= 4 is 33.1 Å². The summed E-state index contributed by atoms with van der Waals surface area (Å²) < 4.78 is 1.19. The van der Waals surface area contributed by atoms with Gasteiger partial charge in [-0.15, -0.1) is 11.3 Å². The van der Waals surface area contributed by atoms with Crippen LogP contribution in [0.25, 0.3) is 0 Å². The predicted molar refractivity (Wildman–Crippen MR) is 75.1 cm³/mol. The largest absolute Gasteiger partial charge is 0.382 e. The lowest BCUT2D eigenvalue weighted by molar-refractivity contribution is 0.328. The molecule has 0 radical (unpaired) electrons. The number of thiophene rings is 1. The van der Waals surface area contributed by atoms with Crippen LogP contribution >= 0.6 is 27.3 Å². The highest BCUT2D eigenvalue weighted by Gasteiger charge is 2.04. The third-order valence-electron chi connectivity index (χ3n) is 2.46. The van der Waals surface area contributed by atoms with Gasteiger partial charge in [-0.1, -0.05) is 0 Å². The topological polar surface area (TPSA) is 57.9 Å². The number of hydrogen-bond donors (Lipinski definition) is 2. The number of aromatic amines is 1. The van der Waals surface area contributed by atoms with Crippen molar-refractivity contribution in [1.29, 1.82) is 0 Å². The molecule has 92 valence electrons. The van der Waals surface area contributed by atoms with E-state index < -0.39 is 0 Å². The first kappa shape index (κ1) is 12.6. The summed E-state index contributed by atoms with van der Waals surface area (Å²) in [6.45, 7) is 1.86. The Labute approximate surface area is 113 Å². The zero-order valence-electron chi connectivity index (χ0n) is 9.61. The lowest BCUT2D eigenvalue weighted by atomic mass is 10.3. The minimum absolute atomic E-state index is 0.551. The number of H-pyrrole nitrogens is 1. The normalized spacial score (nSPS) is 11.2. The number of rotatable bonds is 5. The minimum Gasteiger partial charge on any atom is -0.382 e. The summed E-state index contributed by atoms with van der Waals surface area (Å²) in [6, 6.07) is 6.13. The molecule has 17 heavy (non-hydrogen) atoms. The highest BCUT2D eigenvalue weighted by molar-refractivity contribution is 9.11. The minimum atomic E-state index is 0.551. The van der Waals surface area contributed by atoms with Crippen molar-refractivity contribution in [3.05, 3.63) is 32.6 Å². The summed E-state index contributed by atoms with van der Waals surface area (Å²) in [6.07, 6.45) is 1.07. The van der Waals surface area contributed by atoms with E-state index in [1.54, 1.807) is 11.3 Å². The fourth-order valence-electron chi connectivity index (χ4n) is 1.62. The SMILES string of the molecule is CN(CCc1ccc(Br)s1)Cc1cc(N)n[nH]1. The van der Waals surface area contributed by atoms with Gasteiger partial charge in [0.25, 0.3) is 0 Å². The summed E-state index contributed by atoms with van der Waals surface area (Å²) in [5, 5.41) is 6.83. The van der Waals surface area contributed by atoms with E-state index in [1.165, 1.54) is 8.66 Å². The molecule has 2 rings (SSSR count). The van der Waals surface area contributed by atoms with Gasteiger partial charge in [0.15, 0.2) is 0 Å². The summed E-state index contributed by atoms with van der Waals surface area (Å²) in [5.74, 6) is 0.551. The summed E-state index contributed by atoms with van der Waals surface area (Å²) in [5.41, 5.74) is 6.61. The first-order chi connectivity index (χ1) is 8.13. The number of nitrogens with one attached hydrogen (secondary N) is 1. The highest BCUT2D eigenvalue weighted by Crippen LogP contribution is 2.22. The Morgan fingerprint density at radius 3 is 2.94 bits per heavy atom. The van der Waals surface area contributed by atoms with Crippen LogP contribution in [-0.2, 0) is 13.0 Å². The summed E-state index contributed by atoms with van der Waals surface area (Å²) >= 11 is 5.26. The van der Waals surface area contributed by atoms with Gasteiger partial charge in [-0.25, -0.2) is 0 Å². The average Bonchev–Trinajstić information content (AvgIpc) is 2.85. The Bertz CT molecular complexity index is 479. The first-order valence-corrected chi connectivity index (χ1v) is 6.97. The maximum absolute atomic E-state index is 5.56. The van der Waals surface area contributed by atoms with Crippen LogP contribution in [0.15, 0.2) is 22.0 Å². The molecular formula is C11H15BrN4S. The van der Waals surface area contributed by atoms with E-state index in [9.17, 15) is 0 Å². The fourth-order valence-corrected chi connectivity index (χ4v) is 3.09. The van der Waals surface area contributed by atoms with Crippen LogP contribution in [0, 0.1) is 0 Å². The van der Waals surface area contributed by atoms with Gasteiger partial charge in [0.2, 0.25) is 0 Å². The van der Waals surface area contributed by atoms with E-state index in [2.05, 4.69) is 50.2 Å². The molecule has 0 aromatic carbocycles. The molecule has 0 spiro atoms. The standard InChI is InChI=1S/C11H15BrN4S/c1-16(7-8-6-11(13)15-14-8)5-4-9-2-3-10(12)17-9/h2-3,6H,4-5,7H2,1H3,(H3,13,14,15). The number of halogens is 1. The number of likely N-dealkylation sites (N-methyl/N-ethyl adjacent to an activating group) is 1. The van der Waals surface area contributed by atoms with E-state index in [0.29, 0.717) is 5.82 Å². The molecule has 0 unspecified atom stereocenters. The maximum Gasteiger partial charge on any atom is 0.145 e. The second-order valence-corrected chi connectivity index (χ2v) is 6.56. The van der Waals surface area contributed by atoms with Gasteiger partial charge >= 0.3 is 0 Å². The Kier molecular flexibility index (Phi) is 4.20. The molecule has 0 amide bonds. The molecule has 4 nitrogen and oxygen atoms in total. The molecule has 0 fully saturated rings. The summed E-state index contributed by atoms with van der Waals surface area (Å²) in [7, 11) is 2.10. The van der Waals surface area contributed by atoms with Crippen molar-refractivity contribution in [1.82, 2.24) is 15.1 Å². The van der Waals surface area contributed by atoms with Crippen molar-refractivity contribution in [2.75, 3.05) is 19.3 Å². The van der Waals surface area contributed by atoms with Crippen molar-refractivity contribution in [3.8, 4) is 0 Å². The smallest absolute Gasteiger partial charge is 0.145 e.